The van der Waals surface area contributed by atoms with Crippen LogP contribution in [0.1, 0.15) is 25.7 Å². The number of ether oxygens (including phenoxy) is 1. The average Bonchev–Trinajstić information content (AvgIpc) is 3.04. The van der Waals surface area contributed by atoms with E-state index in [2.05, 4.69) is 11.4 Å². The Morgan fingerprint density at radius 3 is 2.70 bits per heavy atom. The number of hydrogen-bond acceptors (Lipinski definition) is 4. The summed E-state index contributed by atoms with van der Waals surface area (Å²) in [5.41, 5.74) is -0.999. The highest BCUT2D eigenvalue weighted by Gasteiger charge is 2.41. The van der Waals surface area contributed by atoms with E-state index in [9.17, 15) is 23.9 Å². The van der Waals surface area contributed by atoms with E-state index in [4.69, 9.17) is 4.74 Å². The van der Waals surface area contributed by atoms with Crippen molar-refractivity contribution in [3.05, 3.63) is 29.8 Å². The molecule has 7 heteroatoms. The Kier molecular flexibility index (Phi) is 5.50. The molecule has 0 heterocycles. The zero-order valence-corrected chi connectivity index (χ0v) is 12.5. The molecule has 5 nitrogen and oxygen atoms in total. The van der Waals surface area contributed by atoms with Gasteiger partial charge in [0.05, 0.1) is 6.07 Å². The highest BCUT2D eigenvalue weighted by molar-refractivity contribution is 5.85. The van der Waals surface area contributed by atoms with Gasteiger partial charge in [-0.25, -0.2) is 8.78 Å². The molecule has 0 aliphatic heterocycles. The molecule has 0 spiro atoms. The summed E-state index contributed by atoms with van der Waals surface area (Å²) in [6, 6.07) is 5.12. The van der Waals surface area contributed by atoms with Gasteiger partial charge in [-0.15, -0.1) is 0 Å². The van der Waals surface area contributed by atoms with Crippen molar-refractivity contribution in [3.63, 3.8) is 0 Å². The van der Waals surface area contributed by atoms with Gasteiger partial charge in [0.2, 0.25) is 5.91 Å². The Bertz CT molecular complexity index is 610. The van der Waals surface area contributed by atoms with E-state index < -0.39 is 23.2 Å². The zero-order valence-electron chi connectivity index (χ0n) is 12.5. The molecule has 1 aromatic rings. The molecule has 0 aromatic heterocycles. The van der Waals surface area contributed by atoms with Crippen LogP contribution in [0.2, 0.25) is 0 Å². The van der Waals surface area contributed by atoms with Gasteiger partial charge in [-0.2, -0.15) is 5.26 Å². The molecule has 1 fully saturated rings. The van der Waals surface area contributed by atoms with Crippen molar-refractivity contribution < 1.29 is 23.4 Å². The highest BCUT2D eigenvalue weighted by Crippen LogP contribution is 2.37. The van der Waals surface area contributed by atoms with E-state index in [1.807, 2.05) is 0 Å². The molecule has 0 saturated heterocycles. The summed E-state index contributed by atoms with van der Waals surface area (Å²) in [6.45, 7) is -0.267. The van der Waals surface area contributed by atoms with Crippen LogP contribution in [0.4, 0.5) is 8.78 Å². The molecule has 0 unspecified atom stereocenters. The number of aliphatic hydroxyl groups excluding tert-OH is 1. The minimum absolute atomic E-state index is 0.0774. The van der Waals surface area contributed by atoms with Crippen LogP contribution in [0.25, 0.3) is 0 Å². The topological polar surface area (TPSA) is 82.4 Å². The van der Waals surface area contributed by atoms with Gasteiger partial charge >= 0.3 is 0 Å². The molecular weight excluding hydrogens is 306 g/mol. The van der Waals surface area contributed by atoms with E-state index in [0.717, 1.165) is 25.0 Å². The summed E-state index contributed by atoms with van der Waals surface area (Å²) in [7, 11) is 0. The molecule has 1 atom stereocenters. The number of halogens is 2. The maximum atomic E-state index is 13.0. The van der Waals surface area contributed by atoms with Crippen molar-refractivity contribution in [2.75, 3.05) is 13.2 Å². The number of nitrogens with zero attached hydrogens (tertiary/aromatic N) is 1. The Labute approximate surface area is 132 Å². The van der Waals surface area contributed by atoms with E-state index in [0.29, 0.717) is 12.8 Å². The van der Waals surface area contributed by atoms with Gasteiger partial charge in [-0.1, -0.05) is 12.8 Å². The van der Waals surface area contributed by atoms with Crippen LogP contribution in [-0.2, 0) is 4.79 Å². The van der Waals surface area contributed by atoms with Crippen LogP contribution in [0, 0.1) is 28.4 Å². The van der Waals surface area contributed by atoms with Crippen molar-refractivity contribution in [1.82, 2.24) is 5.32 Å². The fourth-order valence-corrected chi connectivity index (χ4v) is 2.57. The van der Waals surface area contributed by atoms with Gasteiger partial charge in [-0.05, 0) is 25.0 Å². The summed E-state index contributed by atoms with van der Waals surface area (Å²) in [4.78, 5) is 12.1. The average molecular weight is 324 g/mol. The van der Waals surface area contributed by atoms with E-state index in [1.165, 1.54) is 6.07 Å². The lowest BCUT2D eigenvalue weighted by Crippen LogP contribution is -2.43. The normalized spacial score (nSPS) is 17.3. The molecule has 1 saturated carbocycles. The summed E-state index contributed by atoms with van der Waals surface area (Å²) >= 11 is 0. The lowest BCUT2D eigenvalue weighted by atomic mass is 9.87. The molecule has 1 aliphatic rings. The third kappa shape index (κ3) is 4.17. The first kappa shape index (κ1) is 17.2. The minimum Gasteiger partial charge on any atom is -0.491 e. The first-order valence-electron chi connectivity index (χ1n) is 7.42. The van der Waals surface area contributed by atoms with Crippen molar-refractivity contribution in [3.8, 4) is 11.8 Å². The van der Waals surface area contributed by atoms with E-state index in [-0.39, 0.29) is 24.8 Å². The summed E-state index contributed by atoms with van der Waals surface area (Å²) in [6.07, 6.45) is 1.70. The van der Waals surface area contributed by atoms with Crippen LogP contribution >= 0.6 is 0 Å². The third-order valence-corrected chi connectivity index (χ3v) is 3.94. The van der Waals surface area contributed by atoms with Gasteiger partial charge in [0, 0.05) is 12.6 Å². The van der Waals surface area contributed by atoms with Gasteiger partial charge in [0.1, 0.15) is 23.9 Å². The SMILES string of the molecule is N#CC1(C(=O)NC[C@H](O)COc2ccc(F)c(F)c2)CCCC1. The number of rotatable bonds is 6. The minimum atomic E-state index is -1.04. The van der Waals surface area contributed by atoms with E-state index >= 15 is 0 Å². The largest absolute Gasteiger partial charge is 0.491 e. The molecule has 124 valence electrons. The molecule has 1 amide bonds. The van der Waals surface area contributed by atoms with Crippen molar-refractivity contribution in [2.45, 2.75) is 31.8 Å². The van der Waals surface area contributed by atoms with Crippen LogP contribution in [0.3, 0.4) is 0 Å². The fraction of sp³-hybridized carbons (Fsp3) is 0.500. The molecule has 0 radical (unpaired) electrons. The molecular formula is C16H18F2N2O3. The second-order valence-electron chi connectivity index (χ2n) is 5.65. The Morgan fingerprint density at radius 1 is 1.39 bits per heavy atom. The maximum absolute atomic E-state index is 13.0. The number of nitrogens with one attached hydrogen (secondary N) is 1. The Morgan fingerprint density at radius 2 is 2.09 bits per heavy atom. The molecule has 2 N–H and O–H groups in total. The lowest BCUT2D eigenvalue weighted by molar-refractivity contribution is -0.128. The van der Waals surface area contributed by atoms with E-state index in [1.54, 1.807) is 0 Å². The van der Waals surface area contributed by atoms with Gasteiger partial charge in [0.15, 0.2) is 11.6 Å². The number of amides is 1. The third-order valence-electron chi connectivity index (χ3n) is 3.94. The molecule has 0 bridgehead atoms. The summed E-state index contributed by atoms with van der Waals surface area (Å²) in [5.74, 6) is -2.33. The van der Waals surface area contributed by atoms with Crippen molar-refractivity contribution in [2.24, 2.45) is 5.41 Å². The van der Waals surface area contributed by atoms with Crippen LogP contribution in [0.15, 0.2) is 18.2 Å². The van der Waals surface area contributed by atoms with Crippen molar-refractivity contribution >= 4 is 5.91 Å². The first-order chi connectivity index (χ1) is 11.0. The zero-order chi connectivity index (χ0) is 16.9. The number of hydrogen-bond donors (Lipinski definition) is 2. The number of aliphatic hydroxyl groups is 1. The lowest BCUT2D eigenvalue weighted by Gasteiger charge is -2.20. The second-order valence-corrected chi connectivity index (χ2v) is 5.65. The standard InChI is InChI=1S/C16H18F2N2O3/c17-13-4-3-12(7-14(13)18)23-9-11(21)8-20-15(22)16(10-19)5-1-2-6-16/h3-4,7,11,21H,1-2,5-6,8-9H2,(H,20,22)/t11-/m0/s1. The number of carbonyl (C=O) groups is 1. The number of carbonyl (C=O) groups excluding carboxylic acids is 1. The predicted molar refractivity (Wildman–Crippen MR) is 77.4 cm³/mol. The van der Waals surface area contributed by atoms with Crippen LogP contribution in [-0.4, -0.2) is 30.3 Å². The van der Waals surface area contributed by atoms with Gasteiger partial charge in [0.25, 0.3) is 0 Å². The molecule has 2 rings (SSSR count). The smallest absolute Gasteiger partial charge is 0.240 e. The monoisotopic (exact) mass is 324 g/mol. The molecule has 1 aliphatic carbocycles. The highest BCUT2D eigenvalue weighted by atomic mass is 19.2. The molecule has 23 heavy (non-hydrogen) atoms. The quantitative estimate of drug-likeness (QED) is 0.837. The van der Waals surface area contributed by atoms with Crippen LogP contribution < -0.4 is 10.1 Å². The fourth-order valence-electron chi connectivity index (χ4n) is 2.57. The predicted octanol–water partition coefficient (Wildman–Crippen LogP) is 1.90. The van der Waals surface area contributed by atoms with Gasteiger partial charge < -0.3 is 15.2 Å². The first-order valence-corrected chi connectivity index (χ1v) is 7.42. The van der Waals surface area contributed by atoms with Crippen molar-refractivity contribution in [1.29, 1.82) is 5.26 Å². The number of benzene rings is 1. The van der Waals surface area contributed by atoms with Gasteiger partial charge in [-0.3, -0.25) is 4.79 Å². The maximum Gasteiger partial charge on any atom is 0.240 e. The summed E-state index contributed by atoms with van der Waals surface area (Å²) in [5, 5.41) is 21.5. The Hall–Kier alpha value is -2.20. The number of nitriles is 1. The molecule has 1 aromatic carbocycles. The second kappa shape index (κ2) is 7.38. The summed E-state index contributed by atoms with van der Waals surface area (Å²) < 4.78 is 30.9. The Balaban J connectivity index is 1.78. The van der Waals surface area contributed by atoms with Crippen LogP contribution in [0.5, 0.6) is 5.75 Å².